The van der Waals surface area contributed by atoms with Crippen LogP contribution in [0.2, 0.25) is 0 Å². The lowest BCUT2D eigenvalue weighted by Crippen LogP contribution is -2.34. The van der Waals surface area contributed by atoms with Crippen molar-refractivity contribution < 1.29 is 8.42 Å². The van der Waals surface area contributed by atoms with Gasteiger partial charge in [0.15, 0.2) is 0 Å². The number of sulfone groups is 1. The summed E-state index contributed by atoms with van der Waals surface area (Å²) in [5, 5.41) is 7.31. The van der Waals surface area contributed by atoms with E-state index in [-0.39, 0.29) is 17.8 Å². The van der Waals surface area contributed by atoms with Crippen LogP contribution in [0, 0.1) is 0 Å². The summed E-state index contributed by atoms with van der Waals surface area (Å²) in [4.78, 5) is 0. The summed E-state index contributed by atoms with van der Waals surface area (Å²) in [6.07, 6.45) is 4.95. The highest BCUT2D eigenvalue weighted by Gasteiger charge is 2.14. The maximum atomic E-state index is 11.1. The highest BCUT2D eigenvalue weighted by molar-refractivity contribution is 7.90. The van der Waals surface area contributed by atoms with Crippen molar-refractivity contribution in [3.05, 3.63) is 18.0 Å². The molecule has 1 rings (SSSR count). The number of rotatable bonds is 5. The number of nitrogens with one attached hydrogen (secondary N) is 1. The maximum absolute atomic E-state index is 11.1. The van der Waals surface area contributed by atoms with E-state index in [1.807, 2.05) is 27.1 Å². The quantitative estimate of drug-likeness (QED) is 0.820. The van der Waals surface area contributed by atoms with E-state index in [9.17, 15) is 8.42 Å². The summed E-state index contributed by atoms with van der Waals surface area (Å²) in [5.74, 6) is 0.150. The Morgan fingerprint density at radius 2 is 2.12 bits per heavy atom. The van der Waals surface area contributed by atoms with Crippen LogP contribution in [0.4, 0.5) is 0 Å². The van der Waals surface area contributed by atoms with Crippen molar-refractivity contribution in [3.63, 3.8) is 0 Å². The summed E-state index contributed by atoms with van der Waals surface area (Å²) in [6, 6.07) is 0.0376. The highest BCUT2D eigenvalue weighted by Crippen LogP contribution is 2.11. The number of aryl methyl sites for hydroxylation is 1. The first-order valence-corrected chi connectivity index (χ1v) is 7.26. The van der Waals surface area contributed by atoms with Gasteiger partial charge in [0.1, 0.15) is 9.84 Å². The molecule has 0 spiro atoms. The Labute approximate surface area is 96.8 Å². The molecule has 2 unspecified atom stereocenters. The van der Waals surface area contributed by atoms with Crippen LogP contribution in [0.25, 0.3) is 0 Å². The van der Waals surface area contributed by atoms with Gasteiger partial charge in [0.2, 0.25) is 0 Å². The molecular formula is C10H19N3O2S. The zero-order valence-electron chi connectivity index (χ0n) is 10.1. The van der Waals surface area contributed by atoms with Crippen LogP contribution < -0.4 is 5.32 Å². The molecule has 0 aliphatic heterocycles. The fourth-order valence-electron chi connectivity index (χ4n) is 1.69. The number of hydrogen-bond acceptors (Lipinski definition) is 4. The zero-order chi connectivity index (χ0) is 12.3. The van der Waals surface area contributed by atoms with Gasteiger partial charge in [0.05, 0.1) is 11.9 Å². The molecule has 1 N–H and O–H groups in total. The van der Waals surface area contributed by atoms with E-state index in [0.717, 1.165) is 5.56 Å². The van der Waals surface area contributed by atoms with Crippen LogP contribution in [0.15, 0.2) is 12.4 Å². The van der Waals surface area contributed by atoms with Gasteiger partial charge in [0.25, 0.3) is 0 Å². The molecular weight excluding hydrogens is 226 g/mol. The lowest BCUT2D eigenvalue weighted by atomic mass is 10.2. The molecule has 0 saturated heterocycles. The largest absolute Gasteiger partial charge is 0.307 e. The minimum absolute atomic E-state index is 0.0646. The standard InChI is InChI=1S/C10H19N3O2S/c1-8(7-16(4,14)15)12-9(2)10-5-11-13(3)6-10/h5-6,8-9,12H,7H2,1-4H3. The van der Waals surface area contributed by atoms with E-state index in [0.29, 0.717) is 0 Å². The molecule has 0 aliphatic rings. The predicted octanol–water partition coefficient (Wildman–Crippen LogP) is 0.504. The Hall–Kier alpha value is -0.880. The molecule has 0 aliphatic carbocycles. The Morgan fingerprint density at radius 1 is 1.50 bits per heavy atom. The van der Waals surface area contributed by atoms with Gasteiger partial charge >= 0.3 is 0 Å². The van der Waals surface area contributed by atoms with Crippen LogP contribution >= 0.6 is 0 Å². The van der Waals surface area contributed by atoms with Crippen molar-refractivity contribution in [2.24, 2.45) is 7.05 Å². The second kappa shape index (κ2) is 4.97. The smallest absolute Gasteiger partial charge is 0.148 e. The third-order valence-electron chi connectivity index (χ3n) is 2.31. The number of hydrogen-bond donors (Lipinski definition) is 1. The first-order chi connectivity index (χ1) is 7.28. The van der Waals surface area contributed by atoms with Crippen molar-refractivity contribution in [1.82, 2.24) is 15.1 Å². The Bertz CT molecular complexity index is 439. The third kappa shape index (κ3) is 4.32. The molecule has 1 aromatic heterocycles. The molecule has 1 heterocycles. The van der Waals surface area contributed by atoms with Crippen molar-refractivity contribution >= 4 is 9.84 Å². The van der Waals surface area contributed by atoms with Gasteiger partial charge in [-0.15, -0.1) is 0 Å². The Balaban J connectivity index is 2.55. The second-order valence-electron chi connectivity index (χ2n) is 4.33. The molecule has 0 saturated carbocycles. The number of aromatic nitrogens is 2. The van der Waals surface area contributed by atoms with Crippen LogP contribution in [-0.4, -0.2) is 36.2 Å². The van der Waals surface area contributed by atoms with Gasteiger partial charge in [-0.2, -0.15) is 5.10 Å². The Kier molecular flexibility index (Phi) is 4.09. The molecule has 6 heteroatoms. The van der Waals surface area contributed by atoms with Gasteiger partial charge in [-0.25, -0.2) is 8.42 Å². The summed E-state index contributed by atoms with van der Waals surface area (Å²) in [6.45, 7) is 3.86. The van der Waals surface area contributed by atoms with Gasteiger partial charge in [-0.05, 0) is 13.8 Å². The molecule has 0 fully saturated rings. The predicted molar refractivity (Wildman–Crippen MR) is 63.9 cm³/mol. The van der Waals surface area contributed by atoms with E-state index in [4.69, 9.17) is 0 Å². The number of nitrogens with zero attached hydrogens (tertiary/aromatic N) is 2. The third-order valence-corrected chi connectivity index (χ3v) is 3.42. The monoisotopic (exact) mass is 245 g/mol. The molecule has 2 atom stereocenters. The van der Waals surface area contributed by atoms with E-state index < -0.39 is 9.84 Å². The summed E-state index contributed by atoms with van der Waals surface area (Å²) >= 11 is 0. The van der Waals surface area contributed by atoms with E-state index in [2.05, 4.69) is 10.4 Å². The van der Waals surface area contributed by atoms with Crippen LogP contribution in [0.1, 0.15) is 25.5 Å². The fourth-order valence-corrected chi connectivity index (χ4v) is 2.69. The molecule has 16 heavy (non-hydrogen) atoms. The van der Waals surface area contributed by atoms with Crippen molar-refractivity contribution in [2.45, 2.75) is 25.9 Å². The summed E-state index contributed by atoms with van der Waals surface area (Å²) in [5.41, 5.74) is 1.06. The van der Waals surface area contributed by atoms with Crippen LogP contribution in [0.5, 0.6) is 0 Å². The van der Waals surface area contributed by atoms with Crippen molar-refractivity contribution in [3.8, 4) is 0 Å². The molecule has 0 aromatic carbocycles. The second-order valence-corrected chi connectivity index (χ2v) is 6.51. The normalized spacial score (nSPS) is 16.0. The summed E-state index contributed by atoms with van der Waals surface area (Å²) < 4.78 is 23.9. The zero-order valence-corrected chi connectivity index (χ0v) is 11.0. The van der Waals surface area contributed by atoms with Crippen molar-refractivity contribution in [2.75, 3.05) is 12.0 Å². The molecule has 0 bridgehead atoms. The Morgan fingerprint density at radius 3 is 2.56 bits per heavy atom. The van der Waals surface area contributed by atoms with E-state index >= 15 is 0 Å². The fraction of sp³-hybridized carbons (Fsp3) is 0.700. The minimum Gasteiger partial charge on any atom is -0.307 e. The first kappa shape index (κ1) is 13.2. The molecule has 0 amide bonds. The van der Waals surface area contributed by atoms with Gasteiger partial charge in [-0.1, -0.05) is 0 Å². The van der Waals surface area contributed by atoms with Gasteiger partial charge in [-0.3, -0.25) is 4.68 Å². The lowest BCUT2D eigenvalue weighted by molar-refractivity contribution is 0.500. The molecule has 1 aromatic rings. The van der Waals surface area contributed by atoms with Gasteiger partial charge in [0, 0.05) is 37.1 Å². The van der Waals surface area contributed by atoms with Gasteiger partial charge < -0.3 is 5.32 Å². The van der Waals surface area contributed by atoms with Crippen LogP contribution in [0.3, 0.4) is 0 Å². The first-order valence-electron chi connectivity index (χ1n) is 5.20. The minimum atomic E-state index is -2.93. The van der Waals surface area contributed by atoms with E-state index in [1.54, 1.807) is 10.9 Å². The van der Waals surface area contributed by atoms with E-state index in [1.165, 1.54) is 6.26 Å². The maximum Gasteiger partial charge on any atom is 0.148 e. The SMILES string of the molecule is CC(CS(C)(=O)=O)NC(C)c1cnn(C)c1. The molecule has 5 nitrogen and oxygen atoms in total. The average molecular weight is 245 g/mol. The topological polar surface area (TPSA) is 64.0 Å². The lowest BCUT2D eigenvalue weighted by Gasteiger charge is -2.18. The molecule has 0 radical (unpaired) electrons. The highest BCUT2D eigenvalue weighted by atomic mass is 32.2. The summed E-state index contributed by atoms with van der Waals surface area (Å²) in [7, 11) is -1.07. The van der Waals surface area contributed by atoms with Crippen LogP contribution in [-0.2, 0) is 16.9 Å². The molecule has 92 valence electrons. The average Bonchev–Trinajstić information content (AvgIpc) is 2.47. The van der Waals surface area contributed by atoms with Crippen molar-refractivity contribution in [1.29, 1.82) is 0 Å².